The van der Waals surface area contributed by atoms with Crippen LogP contribution >= 0.6 is 0 Å². The van der Waals surface area contributed by atoms with E-state index in [0.717, 1.165) is 25.0 Å². The first kappa shape index (κ1) is 12.2. The number of unbranched alkanes of at least 4 members (excludes halogenated alkanes) is 1. The van der Waals surface area contributed by atoms with Crippen molar-refractivity contribution in [2.45, 2.75) is 12.8 Å². The summed E-state index contributed by atoms with van der Waals surface area (Å²) in [6.07, 6.45) is 3.36. The van der Waals surface area contributed by atoms with Crippen molar-refractivity contribution in [3.63, 3.8) is 0 Å². The first-order valence-corrected chi connectivity index (χ1v) is 4.83. The highest BCUT2D eigenvalue weighted by atomic mass is 19.1. The fraction of sp³-hybridized carbons (Fsp3) is 0.273. The average Bonchev–Trinajstić information content (AvgIpc) is 2.24. The Morgan fingerprint density at radius 3 is 2.88 bits per heavy atom. The lowest BCUT2D eigenvalue weighted by atomic mass is 10.3. The molecule has 16 heavy (non-hydrogen) atoms. The van der Waals surface area contributed by atoms with Gasteiger partial charge in [-0.15, -0.1) is 6.58 Å². The third kappa shape index (κ3) is 3.34. The van der Waals surface area contributed by atoms with E-state index >= 15 is 0 Å². The van der Waals surface area contributed by atoms with Crippen molar-refractivity contribution >= 4 is 5.69 Å². The van der Waals surface area contributed by atoms with Gasteiger partial charge in [0.05, 0.1) is 11.5 Å². The summed E-state index contributed by atoms with van der Waals surface area (Å²) in [6, 6.07) is 3.50. The summed E-state index contributed by atoms with van der Waals surface area (Å²) >= 11 is 0. The Kier molecular flexibility index (Phi) is 4.44. The number of hydrogen-bond donors (Lipinski definition) is 0. The lowest BCUT2D eigenvalue weighted by molar-refractivity contribution is -0.387. The Labute approximate surface area is 92.5 Å². The van der Waals surface area contributed by atoms with E-state index in [-0.39, 0.29) is 0 Å². The van der Waals surface area contributed by atoms with Gasteiger partial charge < -0.3 is 4.74 Å². The number of nitro benzene ring substituents is 1. The van der Waals surface area contributed by atoms with Crippen LogP contribution in [0.2, 0.25) is 0 Å². The van der Waals surface area contributed by atoms with E-state index in [1.165, 1.54) is 6.07 Å². The molecule has 5 heteroatoms. The zero-order chi connectivity index (χ0) is 12.0. The van der Waals surface area contributed by atoms with E-state index in [2.05, 4.69) is 6.58 Å². The molecule has 1 rings (SSSR count). The van der Waals surface area contributed by atoms with Crippen molar-refractivity contribution in [3.8, 4) is 5.75 Å². The second-order valence-electron chi connectivity index (χ2n) is 3.15. The summed E-state index contributed by atoms with van der Waals surface area (Å²) in [5, 5.41) is 10.3. The van der Waals surface area contributed by atoms with Crippen molar-refractivity contribution in [1.29, 1.82) is 0 Å². The predicted molar refractivity (Wildman–Crippen MR) is 58.0 cm³/mol. The highest BCUT2D eigenvalue weighted by molar-refractivity contribution is 5.37. The molecule has 0 atom stereocenters. The fourth-order valence-electron chi connectivity index (χ4n) is 1.14. The molecule has 0 amide bonds. The lowest BCUT2D eigenvalue weighted by Crippen LogP contribution is -1.98. The van der Waals surface area contributed by atoms with Crippen molar-refractivity contribution in [3.05, 3.63) is 46.8 Å². The highest BCUT2D eigenvalue weighted by Crippen LogP contribution is 2.22. The molecule has 0 aliphatic heterocycles. The monoisotopic (exact) mass is 225 g/mol. The normalized spacial score (nSPS) is 9.81. The van der Waals surface area contributed by atoms with Crippen LogP contribution in [0.5, 0.6) is 5.75 Å². The molecule has 0 saturated heterocycles. The Morgan fingerprint density at radius 1 is 1.56 bits per heavy atom. The predicted octanol–water partition coefficient (Wildman–Crippen LogP) is 3.08. The molecular formula is C11H12FNO3. The van der Waals surface area contributed by atoms with E-state index in [4.69, 9.17) is 4.74 Å². The van der Waals surface area contributed by atoms with E-state index in [0.29, 0.717) is 12.4 Å². The second kappa shape index (κ2) is 5.85. The van der Waals surface area contributed by atoms with Crippen LogP contribution in [-0.2, 0) is 0 Å². The number of rotatable bonds is 6. The third-order valence-corrected chi connectivity index (χ3v) is 1.94. The van der Waals surface area contributed by atoms with E-state index in [9.17, 15) is 14.5 Å². The van der Waals surface area contributed by atoms with Gasteiger partial charge in [-0.25, -0.2) is 0 Å². The average molecular weight is 225 g/mol. The smallest absolute Gasteiger partial charge is 0.305 e. The zero-order valence-corrected chi connectivity index (χ0v) is 8.69. The maximum atomic E-state index is 13.1. The van der Waals surface area contributed by atoms with E-state index in [1.54, 1.807) is 6.08 Å². The number of halogens is 1. The standard InChI is InChI=1S/C11H12FNO3/c1-2-3-4-7-16-9-5-6-11(13(14)15)10(12)8-9/h2,5-6,8H,1,3-4,7H2. The summed E-state index contributed by atoms with van der Waals surface area (Å²) in [4.78, 5) is 9.58. The largest absolute Gasteiger partial charge is 0.493 e. The second-order valence-corrected chi connectivity index (χ2v) is 3.15. The van der Waals surface area contributed by atoms with E-state index < -0.39 is 16.4 Å². The number of ether oxygens (including phenoxy) is 1. The van der Waals surface area contributed by atoms with E-state index in [1.807, 2.05) is 0 Å². The Morgan fingerprint density at radius 2 is 2.31 bits per heavy atom. The van der Waals surface area contributed by atoms with Crippen LogP contribution < -0.4 is 4.74 Å². The molecule has 0 bridgehead atoms. The molecule has 86 valence electrons. The SMILES string of the molecule is C=CCCCOc1ccc([N+](=O)[O-])c(F)c1. The first-order chi connectivity index (χ1) is 7.65. The fourth-order valence-corrected chi connectivity index (χ4v) is 1.14. The summed E-state index contributed by atoms with van der Waals surface area (Å²) in [5.41, 5.74) is -0.543. The Hall–Kier alpha value is -1.91. The van der Waals surface area contributed by atoms with Gasteiger partial charge in [0.25, 0.3) is 0 Å². The molecule has 0 fully saturated rings. The number of allylic oxidation sites excluding steroid dienone is 1. The van der Waals surface area contributed by atoms with Gasteiger partial charge in [-0.1, -0.05) is 6.08 Å². The molecule has 0 radical (unpaired) electrons. The molecule has 0 N–H and O–H groups in total. The zero-order valence-electron chi connectivity index (χ0n) is 8.69. The number of hydrogen-bond acceptors (Lipinski definition) is 3. The van der Waals surface area contributed by atoms with Gasteiger partial charge in [-0.3, -0.25) is 10.1 Å². The molecule has 0 aliphatic rings. The van der Waals surface area contributed by atoms with Crippen molar-refractivity contribution in [2.24, 2.45) is 0 Å². The van der Waals surface area contributed by atoms with Crippen molar-refractivity contribution < 1.29 is 14.1 Å². The van der Waals surface area contributed by atoms with Gasteiger partial charge >= 0.3 is 5.69 Å². The summed E-state index contributed by atoms with van der Waals surface area (Å²) in [6.45, 7) is 3.99. The van der Waals surface area contributed by atoms with Crippen LogP contribution in [0.3, 0.4) is 0 Å². The van der Waals surface area contributed by atoms with Gasteiger partial charge in [-0.2, -0.15) is 4.39 Å². The Balaban J connectivity index is 2.59. The molecular weight excluding hydrogens is 213 g/mol. The van der Waals surface area contributed by atoms with Gasteiger partial charge in [0.15, 0.2) is 0 Å². The van der Waals surface area contributed by atoms with Crippen LogP contribution in [0.4, 0.5) is 10.1 Å². The minimum absolute atomic E-state index is 0.298. The molecule has 4 nitrogen and oxygen atoms in total. The highest BCUT2D eigenvalue weighted by Gasteiger charge is 2.13. The van der Waals surface area contributed by atoms with Crippen LogP contribution in [0.25, 0.3) is 0 Å². The maximum absolute atomic E-state index is 13.1. The van der Waals surface area contributed by atoms with Gasteiger partial charge in [0.1, 0.15) is 5.75 Å². The minimum atomic E-state index is -0.883. The van der Waals surface area contributed by atoms with Gasteiger partial charge in [0.2, 0.25) is 5.82 Å². The molecule has 0 heterocycles. The molecule has 0 unspecified atom stereocenters. The molecule has 1 aromatic rings. The molecule has 0 aliphatic carbocycles. The Bertz CT molecular complexity index is 393. The topological polar surface area (TPSA) is 52.4 Å². The molecule has 1 aromatic carbocycles. The number of nitrogens with zero attached hydrogens (tertiary/aromatic N) is 1. The first-order valence-electron chi connectivity index (χ1n) is 4.83. The summed E-state index contributed by atoms with van der Waals surface area (Å²) < 4.78 is 18.4. The van der Waals surface area contributed by atoms with Gasteiger partial charge in [-0.05, 0) is 18.9 Å². The lowest BCUT2D eigenvalue weighted by Gasteiger charge is -2.04. The number of nitro groups is 1. The van der Waals surface area contributed by atoms with Crippen LogP contribution in [-0.4, -0.2) is 11.5 Å². The molecule has 0 saturated carbocycles. The van der Waals surface area contributed by atoms with Crippen LogP contribution in [0.15, 0.2) is 30.9 Å². The third-order valence-electron chi connectivity index (χ3n) is 1.94. The van der Waals surface area contributed by atoms with Crippen molar-refractivity contribution in [2.75, 3.05) is 6.61 Å². The quantitative estimate of drug-likeness (QED) is 0.323. The number of benzene rings is 1. The summed E-state index contributed by atoms with van der Waals surface area (Å²) in [5.74, 6) is -0.585. The molecule has 0 spiro atoms. The van der Waals surface area contributed by atoms with Crippen LogP contribution in [0.1, 0.15) is 12.8 Å². The van der Waals surface area contributed by atoms with Crippen LogP contribution in [0, 0.1) is 15.9 Å². The summed E-state index contributed by atoms with van der Waals surface area (Å²) in [7, 11) is 0. The molecule has 0 aromatic heterocycles. The maximum Gasteiger partial charge on any atom is 0.305 e. The van der Waals surface area contributed by atoms with Gasteiger partial charge in [0, 0.05) is 12.1 Å². The van der Waals surface area contributed by atoms with Crippen molar-refractivity contribution in [1.82, 2.24) is 0 Å². The minimum Gasteiger partial charge on any atom is -0.493 e.